The van der Waals surface area contributed by atoms with E-state index in [0.717, 1.165) is 10.2 Å². The molecule has 0 aromatic carbocycles. The summed E-state index contributed by atoms with van der Waals surface area (Å²) in [6.45, 7) is 2.95. The average molecular weight is 244 g/mol. The Morgan fingerprint density at radius 2 is 2.31 bits per heavy atom. The normalized spacial score (nSPS) is 19.6. The topological polar surface area (TPSA) is 58.0 Å². The Hall–Kier alpha value is -0.520. The Morgan fingerprint density at radius 1 is 1.62 bits per heavy atom. The fourth-order valence-corrected chi connectivity index (χ4v) is 1.39. The molecular formula is C8H10BrN3O. The molecule has 5 heteroatoms. The minimum Gasteiger partial charge on any atom is -0.379 e. The lowest BCUT2D eigenvalue weighted by Gasteiger charge is -2.35. The first-order valence-corrected chi connectivity index (χ1v) is 4.84. The second-order valence-electron chi connectivity index (χ2n) is 3.26. The second-order valence-corrected chi connectivity index (χ2v) is 4.12. The Bertz CT molecular complexity index is 338. The van der Waals surface area contributed by atoms with E-state index in [2.05, 4.69) is 31.2 Å². The van der Waals surface area contributed by atoms with Gasteiger partial charge in [0.1, 0.15) is 5.60 Å². The van der Waals surface area contributed by atoms with Crippen molar-refractivity contribution in [2.75, 3.05) is 13.1 Å². The molecule has 2 heterocycles. The predicted octanol–water partition coefficient (Wildman–Crippen LogP) is 0.338. The van der Waals surface area contributed by atoms with Gasteiger partial charge in [0.2, 0.25) is 0 Å². The molecule has 4 nitrogen and oxygen atoms in total. The Balaban J connectivity index is 2.36. The summed E-state index contributed by atoms with van der Waals surface area (Å²) in [4.78, 5) is 8.30. The number of aromatic nitrogens is 2. The first kappa shape index (κ1) is 9.05. The van der Waals surface area contributed by atoms with Crippen LogP contribution in [0.5, 0.6) is 0 Å². The van der Waals surface area contributed by atoms with Gasteiger partial charge in [-0.05, 0) is 22.9 Å². The molecule has 1 saturated heterocycles. The standard InChI is InChI=1S/C8H10BrN3O/c1-5-6(9)2-11-7(12-5)8(13)3-10-4-8/h2,10,13H,3-4H2,1H3. The molecule has 2 N–H and O–H groups in total. The molecule has 0 spiro atoms. The summed E-state index contributed by atoms with van der Waals surface area (Å²) in [6, 6.07) is 0. The molecule has 1 aromatic rings. The van der Waals surface area contributed by atoms with Crippen molar-refractivity contribution in [3.63, 3.8) is 0 Å². The smallest absolute Gasteiger partial charge is 0.162 e. The van der Waals surface area contributed by atoms with Gasteiger partial charge in [-0.15, -0.1) is 0 Å². The van der Waals surface area contributed by atoms with Crippen LogP contribution in [0.15, 0.2) is 10.7 Å². The molecule has 1 aromatic heterocycles. The molecule has 0 radical (unpaired) electrons. The van der Waals surface area contributed by atoms with Crippen molar-refractivity contribution in [1.82, 2.24) is 15.3 Å². The first-order chi connectivity index (χ1) is 6.12. The quantitative estimate of drug-likeness (QED) is 0.747. The zero-order valence-electron chi connectivity index (χ0n) is 7.21. The van der Waals surface area contributed by atoms with E-state index in [9.17, 15) is 5.11 Å². The summed E-state index contributed by atoms with van der Waals surface area (Å²) in [7, 11) is 0. The van der Waals surface area contributed by atoms with Gasteiger partial charge in [-0.3, -0.25) is 0 Å². The molecule has 1 fully saturated rings. The highest BCUT2D eigenvalue weighted by molar-refractivity contribution is 9.10. The van der Waals surface area contributed by atoms with E-state index in [1.807, 2.05) is 6.92 Å². The van der Waals surface area contributed by atoms with Gasteiger partial charge in [-0.2, -0.15) is 0 Å². The van der Waals surface area contributed by atoms with Crippen molar-refractivity contribution in [1.29, 1.82) is 0 Å². The lowest BCUT2D eigenvalue weighted by atomic mass is 9.96. The van der Waals surface area contributed by atoms with Crippen LogP contribution in [0, 0.1) is 6.92 Å². The van der Waals surface area contributed by atoms with E-state index in [1.54, 1.807) is 6.20 Å². The van der Waals surface area contributed by atoms with Crippen molar-refractivity contribution in [3.05, 3.63) is 22.2 Å². The maximum atomic E-state index is 9.89. The predicted molar refractivity (Wildman–Crippen MR) is 51.2 cm³/mol. The van der Waals surface area contributed by atoms with Gasteiger partial charge >= 0.3 is 0 Å². The van der Waals surface area contributed by atoms with Gasteiger partial charge in [-0.25, -0.2) is 9.97 Å². The lowest BCUT2D eigenvalue weighted by molar-refractivity contribution is -0.0229. The second kappa shape index (κ2) is 3.01. The van der Waals surface area contributed by atoms with Crippen LogP contribution in [0.2, 0.25) is 0 Å². The number of aryl methyl sites for hydroxylation is 1. The van der Waals surface area contributed by atoms with E-state index >= 15 is 0 Å². The molecule has 70 valence electrons. The number of β-amino-alcohol motifs (C(OH)–C–C–N with tert-alkyl or cyclic N) is 1. The minimum atomic E-state index is -0.856. The number of nitrogens with one attached hydrogen (secondary N) is 1. The third-order valence-corrected chi connectivity index (χ3v) is 2.95. The number of rotatable bonds is 1. The van der Waals surface area contributed by atoms with Gasteiger partial charge in [0.25, 0.3) is 0 Å². The summed E-state index contributed by atoms with van der Waals surface area (Å²) in [5.74, 6) is 0.506. The monoisotopic (exact) mass is 243 g/mol. The summed E-state index contributed by atoms with van der Waals surface area (Å²) >= 11 is 3.31. The van der Waals surface area contributed by atoms with Gasteiger partial charge < -0.3 is 10.4 Å². The molecule has 1 aliphatic heterocycles. The number of nitrogens with zero attached hydrogens (tertiary/aromatic N) is 2. The first-order valence-electron chi connectivity index (χ1n) is 4.04. The van der Waals surface area contributed by atoms with Crippen LogP contribution in [0.1, 0.15) is 11.5 Å². The highest BCUT2D eigenvalue weighted by atomic mass is 79.9. The van der Waals surface area contributed by atoms with E-state index < -0.39 is 5.60 Å². The number of aliphatic hydroxyl groups is 1. The number of hydrogen-bond donors (Lipinski definition) is 2. The SMILES string of the molecule is Cc1nc(C2(O)CNC2)ncc1Br. The molecular weight excluding hydrogens is 234 g/mol. The van der Waals surface area contributed by atoms with Crippen LogP contribution in [0.3, 0.4) is 0 Å². The molecule has 0 unspecified atom stereocenters. The average Bonchev–Trinajstić information content (AvgIpc) is 2.06. The van der Waals surface area contributed by atoms with Crippen molar-refractivity contribution in [3.8, 4) is 0 Å². The van der Waals surface area contributed by atoms with Crippen molar-refractivity contribution in [2.45, 2.75) is 12.5 Å². The summed E-state index contributed by atoms with van der Waals surface area (Å²) in [5, 5.41) is 12.9. The summed E-state index contributed by atoms with van der Waals surface area (Å²) in [6.07, 6.45) is 1.67. The van der Waals surface area contributed by atoms with E-state index in [1.165, 1.54) is 0 Å². The van der Waals surface area contributed by atoms with Gasteiger partial charge in [0.15, 0.2) is 5.82 Å². The van der Waals surface area contributed by atoms with Crippen molar-refractivity contribution in [2.24, 2.45) is 0 Å². The Morgan fingerprint density at radius 3 is 2.77 bits per heavy atom. The third-order valence-electron chi connectivity index (χ3n) is 2.17. The number of halogens is 1. The highest BCUT2D eigenvalue weighted by Crippen LogP contribution is 2.23. The minimum absolute atomic E-state index is 0.506. The molecule has 0 amide bonds. The van der Waals surface area contributed by atoms with Gasteiger partial charge in [0, 0.05) is 19.3 Å². The van der Waals surface area contributed by atoms with Crippen molar-refractivity contribution >= 4 is 15.9 Å². The maximum absolute atomic E-state index is 9.89. The van der Waals surface area contributed by atoms with Crippen molar-refractivity contribution < 1.29 is 5.11 Å². The summed E-state index contributed by atoms with van der Waals surface area (Å²) in [5.41, 5.74) is -0.00354. The fraction of sp³-hybridized carbons (Fsp3) is 0.500. The fourth-order valence-electron chi connectivity index (χ4n) is 1.20. The molecule has 0 bridgehead atoms. The van der Waals surface area contributed by atoms with E-state index in [-0.39, 0.29) is 0 Å². The zero-order chi connectivity index (χ0) is 9.47. The Kier molecular flexibility index (Phi) is 2.09. The molecule has 2 rings (SSSR count). The van der Waals surface area contributed by atoms with Crippen LogP contribution in [-0.4, -0.2) is 28.2 Å². The van der Waals surface area contributed by atoms with E-state index in [4.69, 9.17) is 0 Å². The van der Waals surface area contributed by atoms with Crippen LogP contribution in [0.4, 0.5) is 0 Å². The zero-order valence-corrected chi connectivity index (χ0v) is 8.80. The van der Waals surface area contributed by atoms with Gasteiger partial charge in [0.05, 0.1) is 10.2 Å². The molecule has 0 aliphatic carbocycles. The molecule has 0 saturated carbocycles. The van der Waals surface area contributed by atoms with Gasteiger partial charge in [-0.1, -0.05) is 0 Å². The van der Waals surface area contributed by atoms with Crippen LogP contribution >= 0.6 is 15.9 Å². The Labute approximate surface area is 84.5 Å². The third kappa shape index (κ3) is 1.47. The largest absolute Gasteiger partial charge is 0.379 e. The molecule has 0 atom stereocenters. The number of hydrogen-bond acceptors (Lipinski definition) is 4. The maximum Gasteiger partial charge on any atom is 0.162 e. The van der Waals surface area contributed by atoms with Crippen LogP contribution in [-0.2, 0) is 5.60 Å². The van der Waals surface area contributed by atoms with E-state index in [0.29, 0.717) is 18.9 Å². The summed E-state index contributed by atoms with van der Waals surface area (Å²) < 4.78 is 0.868. The lowest BCUT2D eigenvalue weighted by Crippen LogP contribution is -2.57. The van der Waals surface area contributed by atoms with Crippen LogP contribution in [0.25, 0.3) is 0 Å². The van der Waals surface area contributed by atoms with Crippen LogP contribution < -0.4 is 5.32 Å². The highest BCUT2D eigenvalue weighted by Gasteiger charge is 2.39. The molecule has 13 heavy (non-hydrogen) atoms. The molecule has 1 aliphatic rings.